The summed E-state index contributed by atoms with van der Waals surface area (Å²) in [5.41, 5.74) is 0. The minimum atomic E-state index is -10.2. The highest BCUT2D eigenvalue weighted by Crippen LogP contribution is 2.98. The first-order chi connectivity index (χ1) is 4.51. The van der Waals surface area contributed by atoms with Crippen LogP contribution in [0.1, 0.15) is 0 Å². The summed E-state index contributed by atoms with van der Waals surface area (Å²) in [7, 11) is -10.2. The fourth-order valence-electron chi connectivity index (χ4n) is 0.170. The van der Waals surface area contributed by atoms with Crippen LogP contribution in [0, 0.1) is 11.3 Å². The molecule has 0 radical (unpaired) electrons. The minimum absolute atomic E-state index is 0.0748. The van der Waals surface area contributed by atoms with E-state index in [0.29, 0.717) is 5.21 Å². The minimum Gasteiger partial charge on any atom is -0.190 e. The summed E-state index contributed by atoms with van der Waals surface area (Å²) in [5, 5.41) is 4.74. The van der Waals surface area contributed by atoms with Gasteiger partial charge in [0, 0.05) is 0 Å². The SMILES string of the molecule is N#C/C(=N\F)S(F)(F)(F)(F)F. The lowest BCUT2D eigenvalue weighted by atomic mass is 10.9. The molecule has 0 aromatic carbocycles. The smallest absolute Gasteiger partial charge is 0.190 e. The second-order valence-corrected chi connectivity index (χ2v) is 3.80. The van der Waals surface area contributed by atoms with Crippen molar-refractivity contribution in [2.45, 2.75) is 0 Å². The third-order valence-corrected chi connectivity index (χ3v) is 1.43. The predicted octanol–water partition coefficient (Wildman–Crippen LogP) is 3.09. The average molecular weight is 198 g/mol. The van der Waals surface area contributed by atoms with Crippen LogP contribution in [0.4, 0.5) is 23.9 Å². The number of hydrogen-bond donors (Lipinski definition) is 0. The fourth-order valence-corrected chi connectivity index (χ4v) is 0.473. The molecule has 0 heterocycles. The Hall–Kier alpha value is -0.910. The van der Waals surface area contributed by atoms with Crippen molar-refractivity contribution in [1.82, 2.24) is 0 Å². The zero-order valence-corrected chi connectivity index (χ0v) is 5.39. The van der Waals surface area contributed by atoms with E-state index in [1.54, 1.807) is 0 Å². The molecule has 0 fully saturated rings. The van der Waals surface area contributed by atoms with E-state index in [1.165, 1.54) is 0 Å². The van der Waals surface area contributed by atoms with Crippen LogP contribution in [0.2, 0.25) is 0 Å². The van der Waals surface area contributed by atoms with Crippen molar-refractivity contribution in [3.8, 4) is 6.07 Å². The molecule has 0 rings (SSSR count). The first-order valence-electron chi connectivity index (χ1n) is 1.84. The summed E-state index contributed by atoms with van der Waals surface area (Å²) in [6.45, 7) is 0. The number of nitrogens with zero attached hydrogens (tertiary/aromatic N) is 2. The van der Waals surface area contributed by atoms with Gasteiger partial charge in [-0.3, -0.25) is 0 Å². The van der Waals surface area contributed by atoms with E-state index in [9.17, 15) is 23.9 Å². The molecule has 0 unspecified atom stereocenters. The van der Waals surface area contributed by atoms with Crippen molar-refractivity contribution >= 4 is 15.3 Å². The molecule has 0 bridgehead atoms. The Kier molecular flexibility index (Phi) is 1.50. The van der Waals surface area contributed by atoms with Crippen molar-refractivity contribution in [1.29, 1.82) is 5.26 Å². The highest BCUT2D eigenvalue weighted by atomic mass is 32.5. The van der Waals surface area contributed by atoms with Crippen LogP contribution in [-0.4, -0.2) is 5.04 Å². The van der Waals surface area contributed by atoms with Crippen LogP contribution in [0.25, 0.3) is 0 Å². The third kappa shape index (κ3) is 2.67. The first kappa shape index (κ1) is 10.1. The lowest BCUT2D eigenvalue weighted by molar-refractivity contribution is 0.390. The van der Waals surface area contributed by atoms with E-state index in [0.717, 1.165) is 0 Å². The average Bonchev–Trinajstić information content (AvgIpc) is 1.60. The molecule has 66 valence electrons. The van der Waals surface area contributed by atoms with Crippen LogP contribution < -0.4 is 0 Å². The summed E-state index contributed by atoms with van der Waals surface area (Å²) in [5.74, 6) is 0. The van der Waals surface area contributed by atoms with Crippen molar-refractivity contribution in [3.05, 3.63) is 0 Å². The summed E-state index contributed by atoms with van der Waals surface area (Å²) in [6.07, 6.45) is 0. The van der Waals surface area contributed by atoms with Gasteiger partial charge in [-0.05, 0) is 0 Å². The van der Waals surface area contributed by atoms with Gasteiger partial charge in [0.25, 0.3) is 0 Å². The van der Waals surface area contributed by atoms with Crippen molar-refractivity contribution in [2.24, 2.45) is 5.21 Å². The quantitative estimate of drug-likeness (QED) is 0.334. The van der Waals surface area contributed by atoms with Gasteiger partial charge in [-0.2, -0.15) is 5.26 Å². The second kappa shape index (κ2) is 1.63. The molecular formula is C2F6N2S. The van der Waals surface area contributed by atoms with Crippen LogP contribution in [-0.2, 0) is 0 Å². The van der Waals surface area contributed by atoms with Crippen LogP contribution in [0.5, 0.6) is 0 Å². The molecular weight excluding hydrogens is 198 g/mol. The molecule has 0 saturated carbocycles. The lowest BCUT2D eigenvalue weighted by Crippen LogP contribution is -2.16. The number of hydrogen-bond acceptors (Lipinski definition) is 2. The first-order valence-corrected chi connectivity index (χ1v) is 3.79. The van der Waals surface area contributed by atoms with Crippen molar-refractivity contribution in [2.75, 3.05) is 0 Å². The van der Waals surface area contributed by atoms with E-state index in [4.69, 9.17) is 5.26 Å². The molecule has 0 amide bonds. The van der Waals surface area contributed by atoms with E-state index in [1.807, 2.05) is 0 Å². The fraction of sp³-hybridized carbons (Fsp3) is 0. The van der Waals surface area contributed by atoms with Crippen molar-refractivity contribution < 1.29 is 23.9 Å². The largest absolute Gasteiger partial charge is 0.338 e. The van der Waals surface area contributed by atoms with E-state index in [-0.39, 0.29) is 6.07 Å². The molecule has 11 heavy (non-hydrogen) atoms. The van der Waals surface area contributed by atoms with Crippen LogP contribution >= 0.6 is 10.2 Å². The summed E-state index contributed by atoms with van der Waals surface area (Å²) in [4.78, 5) is 0. The second-order valence-electron chi connectivity index (χ2n) is 1.47. The van der Waals surface area contributed by atoms with Gasteiger partial charge in [0.15, 0.2) is 0 Å². The Balaban J connectivity index is 5.39. The standard InChI is InChI=1S/C2F6N2S/c3-10-2(1-9)11(4,5,6,7)8/b10-2+. The van der Waals surface area contributed by atoms with E-state index >= 15 is 0 Å². The molecule has 0 N–H and O–H groups in total. The number of rotatable bonds is 0. The summed E-state index contributed by atoms with van der Waals surface area (Å²) < 4.78 is 67.3. The van der Waals surface area contributed by atoms with E-state index < -0.39 is 15.3 Å². The zero-order chi connectivity index (χ0) is 9.40. The third-order valence-electron chi connectivity index (χ3n) is 0.538. The Labute approximate surface area is 56.8 Å². The Morgan fingerprint density at radius 3 is 1.55 bits per heavy atom. The zero-order valence-electron chi connectivity index (χ0n) is 4.57. The monoisotopic (exact) mass is 198 g/mol. The molecule has 0 aliphatic carbocycles. The molecule has 9 heteroatoms. The predicted molar refractivity (Wildman–Crippen MR) is 27.3 cm³/mol. The van der Waals surface area contributed by atoms with Gasteiger partial charge in [-0.15, -0.1) is 0 Å². The molecule has 2 nitrogen and oxygen atoms in total. The van der Waals surface area contributed by atoms with Gasteiger partial charge in [0.1, 0.15) is 6.07 Å². The summed E-state index contributed by atoms with van der Waals surface area (Å²) in [6, 6.07) is -0.0748. The highest BCUT2D eigenvalue weighted by Gasteiger charge is 2.70. The molecule has 0 aromatic rings. The van der Waals surface area contributed by atoms with Gasteiger partial charge in [0.05, 0.1) is 0 Å². The van der Waals surface area contributed by atoms with E-state index in [2.05, 4.69) is 0 Å². The maximum Gasteiger partial charge on any atom is 0.338 e. The maximum absolute atomic E-state index is 11.3. The number of nitriles is 1. The van der Waals surface area contributed by atoms with Gasteiger partial charge in [-0.25, -0.2) is 0 Å². The van der Waals surface area contributed by atoms with Gasteiger partial charge < -0.3 is 0 Å². The van der Waals surface area contributed by atoms with Crippen LogP contribution in [0.3, 0.4) is 0 Å². The van der Waals surface area contributed by atoms with Gasteiger partial charge in [-0.1, -0.05) is 29.1 Å². The lowest BCUT2D eigenvalue weighted by Gasteiger charge is -2.36. The molecule has 0 spiro atoms. The van der Waals surface area contributed by atoms with Crippen molar-refractivity contribution in [3.63, 3.8) is 0 Å². The number of halogens is 6. The molecule has 0 saturated heterocycles. The topological polar surface area (TPSA) is 36.1 Å². The Bertz CT molecular complexity index is 240. The van der Waals surface area contributed by atoms with Gasteiger partial charge in [0.2, 0.25) is 0 Å². The molecule has 0 aliphatic heterocycles. The van der Waals surface area contributed by atoms with Crippen LogP contribution in [0.15, 0.2) is 5.21 Å². The molecule has 0 aliphatic rings. The Morgan fingerprint density at radius 1 is 1.18 bits per heavy atom. The normalized spacial score (nSPS) is 19.9. The molecule has 0 aromatic heterocycles. The van der Waals surface area contributed by atoms with Gasteiger partial charge >= 0.3 is 15.3 Å². The Morgan fingerprint density at radius 2 is 1.55 bits per heavy atom. The summed E-state index contributed by atoms with van der Waals surface area (Å²) >= 11 is 0. The molecule has 0 atom stereocenters. The highest BCUT2D eigenvalue weighted by molar-refractivity contribution is 8.57. The maximum atomic E-state index is 11.3.